The van der Waals surface area contributed by atoms with Crippen LogP contribution < -0.4 is 0 Å². The third-order valence-corrected chi connectivity index (χ3v) is 3.86. The molecule has 0 saturated carbocycles. The summed E-state index contributed by atoms with van der Waals surface area (Å²) in [6, 6.07) is 0. The van der Waals surface area contributed by atoms with Crippen molar-refractivity contribution >= 4 is 0 Å². The Bertz CT molecular complexity index is 270. The smallest absolute Gasteiger partial charge is 0.104 e. The maximum atomic E-state index is 5.88. The van der Waals surface area contributed by atoms with Crippen LogP contribution in [0.15, 0.2) is 0 Å². The lowest BCUT2D eigenvalue weighted by Gasteiger charge is -2.29. The standard InChI is InChI=1S/C16H30O5/c1-4-13(2)5-17-10-16(3,11-18-6-14-8-20-14)12-19-7-15-9-21-15/h13-15H,4-12H2,1-3H3. The molecule has 2 saturated heterocycles. The summed E-state index contributed by atoms with van der Waals surface area (Å²) in [5.41, 5.74) is -0.114. The van der Waals surface area contributed by atoms with Crippen LogP contribution in [-0.4, -0.2) is 65.1 Å². The number of hydrogen-bond donors (Lipinski definition) is 0. The lowest BCUT2D eigenvalue weighted by Crippen LogP contribution is -2.35. The third-order valence-electron chi connectivity index (χ3n) is 3.86. The predicted molar refractivity (Wildman–Crippen MR) is 79.5 cm³/mol. The molecular formula is C16H30O5. The lowest BCUT2D eigenvalue weighted by molar-refractivity contribution is -0.0676. The van der Waals surface area contributed by atoms with Crippen LogP contribution in [-0.2, 0) is 23.7 Å². The van der Waals surface area contributed by atoms with Crippen LogP contribution >= 0.6 is 0 Å². The zero-order chi connectivity index (χ0) is 15.1. The first-order valence-corrected chi connectivity index (χ1v) is 8.08. The van der Waals surface area contributed by atoms with Crippen LogP contribution in [0.3, 0.4) is 0 Å². The van der Waals surface area contributed by atoms with Gasteiger partial charge in [0.25, 0.3) is 0 Å². The maximum Gasteiger partial charge on any atom is 0.104 e. The molecule has 0 amide bonds. The largest absolute Gasteiger partial charge is 0.380 e. The van der Waals surface area contributed by atoms with Gasteiger partial charge in [-0.3, -0.25) is 0 Å². The molecule has 2 aliphatic rings. The summed E-state index contributed by atoms with van der Waals surface area (Å²) in [5.74, 6) is 0.593. The van der Waals surface area contributed by atoms with Crippen molar-refractivity contribution in [1.82, 2.24) is 0 Å². The fraction of sp³-hybridized carbons (Fsp3) is 1.00. The van der Waals surface area contributed by atoms with Crippen molar-refractivity contribution in [3.05, 3.63) is 0 Å². The van der Waals surface area contributed by atoms with Crippen LogP contribution in [0.25, 0.3) is 0 Å². The Balaban J connectivity index is 1.66. The molecular weight excluding hydrogens is 272 g/mol. The van der Waals surface area contributed by atoms with Crippen molar-refractivity contribution in [2.75, 3.05) is 52.9 Å². The van der Waals surface area contributed by atoms with Crippen molar-refractivity contribution in [2.24, 2.45) is 11.3 Å². The minimum Gasteiger partial charge on any atom is -0.380 e. The molecule has 0 bridgehead atoms. The molecule has 2 heterocycles. The van der Waals surface area contributed by atoms with Crippen molar-refractivity contribution in [2.45, 2.75) is 39.4 Å². The molecule has 124 valence electrons. The van der Waals surface area contributed by atoms with E-state index in [1.54, 1.807) is 0 Å². The average Bonchev–Trinajstić information content (AvgIpc) is 3.33. The van der Waals surface area contributed by atoms with Crippen LogP contribution in [0.5, 0.6) is 0 Å². The van der Waals surface area contributed by atoms with E-state index in [-0.39, 0.29) is 5.41 Å². The summed E-state index contributed by atoms with van der Waals surface area (Å²) >= 11 is 0. The normalized spacial score (nSPS) is 28.1. The SMILES string of the molecule is CCC(C)COCC(C)(COCC1CO1)COCC1CO1. The van der Waals surface area contributed by atoms with Crippen LogP contribution in [0.1, 0.15) is 27.2 Å². The first-order valence-electron chi connectivity index (χ1n) is 8.08. The molecule has 5 nitrogen and oxygen atoms in total. The minimum atomic E-state index is -0.114. The molecule has 0 spiro atoms. The number of hydrogen-bond acceptors (Lipinski definition) is 5. The summed E-state index contributed by atoms with van der Waals surface area (Å²) in [7, 11) is 0. The number of epoxide rings is 2. The van der Waals surface area contributed by atoms with E-state index in [4.69, 9.17) is 23.7 Å². The highest BCUT2D eigenvalue weighted by molar-refractivity contribution is 4.76. The van der Waals surface area contributed by atoms with E-state index in [9.17, 15) is 0 Å². The molecule has 0 aromatic rings. The van der Waals surface area contributed by atoms with Gasteiger partial charge >= 0.3 is 0 Å². The van der Waals surface area contributed by atoms with Gasteiger partial charge < -0.3 is 23.7 Å². The fourth-order valence-electron chi connectivity index (χ4n) is 1.95. The van der Waals surface area contributed by atoms with Gasteiger partial charge in [0.15, 0.2) is 0 Å². The van der Waals surface area contributed by atoms with Crippen LogP contribution in [0.4, 0.5) is 0 Å². The van der Waals surface area contributed by atoms with E-state index in [0.717, 1.165) is 26.2 Å². The zero-order valence-electron chi connectivity index (χ0n) is 13.6. The Morgan fingerprint density at radius 3 is 1.90 bits per heavy atom. The van der Waals surface area contributed by atoms with Gasteiger partial charge in [0.1, 0.15) is 12.2 Å². The molecule has 0 N–H and O–H groups in total. The van der Waals surface area contributed by atoms with Crippen LogP contribution in [0.2, 0.25) is 0 Å². The monoisotopic (exact) mass is 302 g/mol. The topological polar surface area (TPSA) is 52.8 Å². The van der Waals surface area contributed by atoms with Gasteiger partial charge in [0, 0.05) is 12.0 Å². The Morgan fingerprint density at radius 1 is 1.00 bits per heavy atom. The Kier molecular flexibility index (Phi) is 6.89. The number of ether oxygens (including phenoxy) is 5. The van der Waals surface area contributed by atoms with E-state index in [1.165, 1.54) is 0 Å². The summed E-state index contributed by atoms with van der Waals surface area (Å²) in [5, 5.41) is 0. The summed E-state index contributed by atoms with van der Waals surface area (Å²) < 4.78 is 27.7. The van der Waals surface area contributed by atoms with Gasteiger partial charge in [0.05, 0.1) is 46.2 Å². The molecule has 3 unspecified atom stereocenters. The molecule has 0 aliphatic carbocycles. The molecule has 2 aliphatic heterocycles. The van der Waals surface area contributed by atoms with E-state index in [2.05, 4.69) is 20.8 Å². The molecule has 0 aromatic carbocycles. The number of rotatable bonds is 13. The second kappa shape index (κ2) is 8.44. The van der Waals surface area contributed by atoms with Gasteiger partial charge in [0.2, 0.25) is 0 Å². The Morgan fingerprint density at radius 2 is 1.48 bits per heavy atom. The molecule has 2 fully saturated rings. The Hall–Kier alpha value is -0.200. The first kappa shape index (κ1) is 17.2. The van der Waals surface area contributed by atoms with Crippen LogP contribution in [0, 0.1) is 11.3 Å². The highest BCUT2D eigenvalue weighted by Gasteiger charge is 2.30. The molecule has 3 atom stereocenters. The van der Waals surface area contributed by atoms with E-state index in [1.807, 2.05) is 0 Å². The third kappa shape index (κ3) is 7.56. The van der Waals surface area contributed by atoms with E-state index < -0.39 is 0 Å². The highest BCUT2D eigenvalue weighted by atomic mass is 16.6. The zero-order valence-corrected chi connectivity index (χ0v) is 13.6. The summed E-state index contributed by atoms with van der Waals surface area (Å²) in [4.78, 5) is 0. The van der Waals surface area contributed by atoms with E-state index >= 15 is 0 Å². The quantitative estimate of drug-likeness (QED) is 0.486. The second-order valence-electron chi connectivity index (χ2n) is 6.78. The van der Waals surface area contributed by atoms with Crippen molar-refractivity contribution in [3.63, 3.8) is 0 Å². The molecule has 21 heavy (non-hydrogen) atoms. The lowest BCUT2D eigenvalue weighted by atomic mass is 9.94. The van der Waals surface area contributed by atoms with Gasteiger partial charge in [-0.15, -0.1) is 0 Å². The fourth-order valence-corrected chi connectivity index (χ4v) is 1.95. The van der Waals surface area contributed by atoms with Crippen molar-refractivity contribution in [1.29, 1.82) is 0 Å². The average molecular weight is 302 g/mol. The van der Waals surface area contributed by atoms with Gasteiger partial charge in [-0.25, -0.2) is 0 Å². The van der Waals surface area contributed by atoms with Gasteiger partial charge in [-0.05, 0) is 5.92 Å². The second-order valence-corrected chi connectivity index (χ2v) is 6.78. The minimum absolute atomic E-state index is 0.114. The van der Waals surface area contributed by atoms with Crippen molar-refractivity contribution < 1.29 is 23.7 Å². The molecule has 0 aromatic heterocycles. The molecule has 2 rings (SSSR count). The van der Waals surface area contributed by atoms with Gasteiger partial charge in [-0.2, -0.15) is 0 Å². The highest BCUT2D eigenvalue weighted by Crippen LogP contribution is 2.21. The predicted octanol–water partition coefficient (Wildman–Crippen LogP) is 1.89. The van der Waals surface area contributed by atoms with E-state index in [0.29, 0.717) is 51.2 Å². The van der Waals surface area contributed by atoms with Crippen molar-refractivity contribution in [3.8, 4) is 0 Å². The van der Waals surface area contributed by atoms with Gasteiger partial charge in [-0.1, -0.05) is 27.2 Å². The first-order chi connectivity index (χ1) is 10.1. The maximum absolute atomic E-state index is 5.88. The summed E-state index contributed by atoms with van der Waals surface area (Å²) in [6.45, 7) is 12.3. The Labute approximate surface area is 128 Å². The summed E-state index contributed by atoms with van der Waals surface area (Å²) in [6.07, 6.45) is 1.74. The molecule has 5 heteroatoms. The molecule has 0 radical (unpaired) electrons.